The molecule has 7 nitrogen and oxygen atoms in total. The van der Waals surface area contributed by atoms with Gasteiger partial charge in [0.2, 0.25) is 17.6 Å². The standard InChI is InChI=1S/C13H16N4O3/c1-19-10-4-2-9(3-5-10)13-16-12(20-17-13)6-7-15-11(18)8-14/h2-5H,6-8,14H2,1H3,(H,15,18). The molecule has 2 rings (SSSR count). The van der Waals surface area contributed by atoms with Crippen molar-refractivity contribution < 1.29 is 14.1 Å². The molecular formula is C13H16N4O3. The smallest absolute Gasteiger partial charge is 0.233 e. The minimum Gasteiger partial charge on any atom is -0.497 e. The average Bonchev–Trinajstić information content (AvgIpc) is 2.96. The van der Waals surface area contributed by atoms with Crippen molar-refractivity contribution in [2.45, 2.75) is 6.42 Å². The second-order valence-electron chi connectivity index (χ2n) is 4.04. The van der Waals surface area contributed by atoms with E-state index in [-0.39, 0.29) is 12.5 Å². The molecule has 0 radical (unpaired) electrons. The lowest BCUT2D eigenvalue weighted by Gasteiger charge is -1.99. The monoisotopic (exact) mass is 276 g/mol. The van der Waals surface area contributed by atoms with Gasteiger partial charge >= 0.3 is 0 Å². The molecule has 0 bridgehead atoms. The first kappa shape index (κ1) is 14.0. The third-order valence-electron chi connectivity index (χ3n) is 2.66. The van der Waals surface area contributed by atoms with Gasteiger partial charge in [0.05, 0.1) is 13.7 Å². The number of hydrogen-bond donors (Lipinski definition) is 2. The molecule has 0 unspecified atom stereocenters. The van der Waals surface area contributed by atoms with Gasteiger partial charge in [-0.15, -0.1) is 0 Å². The van der Waals surface area contributed by atoms with Crippen molar-refractivity contribution in [3.05, 3.63) is 30.2 Å². The predicted molar refractivity (Wildman–Crippen MR) is 72.1 cm³/mol. The molecule has 7 heteroatoms. The highest BCUT2D eigenvalue weighted by Crippen LogP contribution is 2.19. The van der Waals surface area contributed by atoms with Gasteiger partial charge in [0.1, 0.15) is 5.75 Å². The Balaban J connectivity index is 1.95. The van der Waals surface area contributed by atoms with E-state index in [4.69, 9.17) is 15.0 Å². The Hall–Kier alpha value is -2.41. The van der Waals surface area contributed by atoms with E-state index in [1.54, 1.807) is 7.11 Å². The Morgan fingerprint density at radius 1 is 1.40 bits per heavy atom. The van der Waals surface area contributed by atoms with E-state index in [0.717, 1.165) is 11.3 Å². The van der Waals surface area contributed by atoms with Crippen molar-refractivity contribution in [1.82, 2.24) is 15.5 Å². The summed E-state index contributed by atoms with van der Waals surface area (Å²) in [6.45, 7) is 0.390. The highest BCUT2D eigenvalue weighted by atomic mass is 16.5. The number of methoxy groups -OCH3 is 1. The molecular weight excluding hydrogens is 260 g/mol. The fourth-order valence-corrected chi connectivity index (χ4v) is 1.59. The van der Waals surface area contributed by atoms with E-state index in [1.807, 2.05) is 24.3 Å². The summed E-state index contributed by atoms with van der Waals surface area (Å²) < 4.78 is 10.2. The number of rotatable bonds is 6. The third-order valence-corrected chi connectivity index (χ3v) is 2.66. The van der Waals surface area contributed by atoms with Crippen LogP contribution in [0, 0.1) is 0 Å². The quantitative estimate of drug-likeness (QED) is 0.789. The van der Waals surface area contributed by atoms with Gasteiger partial charge in [0.15, 0.2) is 0 Å². The van der Waals surface area contributed by atoms with Gasteiger partial charge in [-0.1, -0.05) is 5.16 Å². The zero-order valence-corrected chi connectivity index (χ0v) is 11.1. The van der Waals surface area contributed by atoms with Gasteiger partial charge in [0, 0.05) is 18.5 Å². The topological polar surface area (TPSA) is 103 Å². The van der Waals surface area contributed by atoms with E-state index in [1.165, 1.54) is 0 Å². The number of carbonyl (C=O) groups excluding carboxylic acids is 1. The third kappa shape index (κ3) is 3.55. The van der Waals surface area contributed by atoms with Crippen molar-refractivity contribution in [3.63, 3.8) is 0 Å². The summed E-state index contributed by atoms with van der Waals surface area (Å²) in [5.74, 6) is 1.53. The average molecular weight is 276 g/mol. The number of ether oxygens (including phenoxy) is 1. The number of nitrogens with one attached hydrogen (secondary N) is 1. The minimum absolute atomic E-state index is 0.0269. The van der Waals surface area contributed by atoms with Crippen molar-refractivity contribution in [2.75, 3.05) is 20.2 Å². The Kier molecular flexibility index (Phi) is 4.67. The van der Waals surface area contributed by atoms with Crippen LogP contribution in [-0.2, 0) is 11.2 Å². The van der Waals surface area contributed by atoms with Crippen LogP contribution in [0.4, 0.5) is 0 Å². The van der Waals surface area contributed by atoms with Crippen LogP contribution in [0.25, 0.3) is 11.4 Å². The van der Waals surface area contributed by atoms with Gasteiger partial charge < -0.3 is 20.3 Å². The number of carbonyl (C=O) groups is 1. The number of aromatic nitrogens is 2. The molecule has 0 fully saturated rings. The van der Waals surface area contributed by atoms with Crippen LogP contribution in [0.3, 0.4) is 0 Å². The fourth-order valence-electron chi connectivity index (χ4n) is 1.59. The molecule has 1 heterocycles. The number of benzene rings is 1. The molecule has 106 valence electrons. The molecule has 3 N–H and O–H groups in total. The van der Waals surface area contributed by atoms with Crippen LogP contribution in [0.5, 0.6) is 5.75 Å². The summed E-state index contributed by atoms with van der Waals surface area (Å²) in [6.07, 6.45) is 0.467. The van der Waals surface area contributed by atoms with Crippen LogP contribution >= 0.6 is 0 Å². The molecule has 0 aliphatic rings. The summed E-state index contributed by atoms with van der Waals surface area (Å²) in [7, 11) is 1.61. The van der Waals surface area contributed by atoms with E-state index in [2.05, 4.69) is 15.5 Å². The van der Waals surface area contributed by atoms with E-state index in [9.17, 15) is 4.79 Å². The lowest BCUT2D eigenvalue weighted by atomic mass is 10.2. The van der Waals surface area contributed by atoms with Gasteiger partial charge in [-0.2, -0.15) is 4.98 Å². The molecule has 0 aliphatic heterocycles. The largest absolute Gasteiger partial charge is 0.497 e. The number of amides is 1. The second kappa shape index (κ2) is 6.67. The van der Waals surface area contributed by atoms with Crippen molar-refractivity contribution >= 4 is 5.91 Å². The van der Waals surface area contributed by atoms with Crippen molar-refractivity contribution in [3.8, 4) is 17.1 Å². The van der Waals surface area contributed by atoms with Gasteiger partial charge in [-0.25, -0.2) is 0 Å². The van der Waals surface area contributed by atoms with Crippen LogP contribution in [0.15, 0.2) is 28.8 Å². The highest BCUT2D eigenvalue weighted by molar-refractivity contribution is 5.77. The summed E-state index contributed by atoms with van der Waals surface area (Å²) >= 11 is 0. The predicted octanol–water partition coefficient (Wildman–Crippen LogP) is 0.363. The maximum atomic E-state index is 11.0. The molecule has 0 saturated heterocycles. The molecule has 0 spiro atoms. The van der Waals surface area contributed by atoms with Crippen LogP contribution in [-0.4, -0.2) is 36.2 Å². The SMILES string of the molecule is COc1ccc(-c2noc(CCNC(=O)CN)n2)cc1. The van der Waals surface area contributed by atoms with Gasteiger partial charge in [-0.3, -0.25) is 4.79 Å². The maximum Gasteiger partial charge on any atom is 0.233 e. The first-order valence-electron chi connectivity index (χ1n) is 6.16. The van der Waals surface area contributed by atoms with E-state index >= 15 is 0 Å². The molecule has 1 aromatic carbocycles. The Morgan fingerprint density at radius 3 is 2.80 bits per heavy atom. The Morgan fingerprint density at radius 2 is 2.15 bits per heavy atom. The zero-order chi connectivity index (χ0) is 14.4. The van der Waals surface area contributed by atoms with Crippen molar-refractivity contribution in [2.24, 2.45) is 5.73 Å². The Labute approximate surface area is 116 Å². The number of nitrogens with two attached hydrogens (primary N) is 1. The lowest BCUT2D eigenvalue weighted by Crippen LogP contribution is -2.31. The van der Waals surface area contributed by atoms with E-state index in [0.29, 0.717) is 24.7 Å². The molecule has 0 aliphatic carbocycles. The summed E-state index contributed by atoms with van der Waals surface area (Å²) in [5.41, 5.74) is 6.02. The number of nitrogens with zero attached hydrogens (tertiary/aromatic N) is 2. The first-order valence-corrected chi connectivity index (χ1v) is 6.16. The van der Waals surface area contributed by atoms with Crippen molar-refractivity contribution in [1.29, 1.82) is 0 Å². The fraction of sp³-hybridized carbons (Fsp3) is 0.308. The molecule has 20 heavy (non-hydrogen) atoms. The second-order valence-corrected chi connectivity index (χ2v) is 4.04. The normalized spacial score (nSPS) is 10.3. The lowest BCUT2D eigenvalue weighted by molar-refractivity contribution is -0.119. The molecule has 1 aromatic heterocycles. The summed E-state index contributed by atoms with van der Waals surface area (Å²) in [4.78, 5) is 15.2. The summed E-state index contributed by atoms with van der Waals surface area (Å²) in [5, 5.41) is 6.53. The van der Waals surface area contributed by atoms with Gasteiger partial charge in [-0.05, 0) is 24.3 Å². The molecule has 1 amide bonds. The molecule has 0 saturated carbocycles. The highest BCUT2D eigenvalue weighted by Gasteiger charge is 2.09. The minimum atomic E-state index is -0.208. The zero-order valence-electron chi connectivity index (χ0n) is 11.1. The first-order chi connectivity index (χ1) is 9.72. The van der Waals surface area contributed by atoms with Crippen LogP contribution in [0.2, 0.25) is 0 Å². The van der Waals surface area contributed by atoms with Crippen LogP contribution < -0.4 is 15.8 Å². The summed E-state index contributed by atoms with van der Waals surface area (Å²) in [6, 6.07) is 7.35. The van der Waals surface area contributed by atoms with E-state index < -0.39 is 0 Å². The van der Waals surface area contributed by atoms with Crippen LogP contribution in [0.1, 0.15) is 5.89 Å². The maximum absolute atomic E-state index is 11.0. The molecule has 2 aromatic rings. The number of hydrogen-bond acceptors (Lipinski definition) is 6. The Bertz CT molecular complexity index is 565. The van der Waals surface area contributed by atoms with Gasteiger partial charge in [0.25, 0.3) is 0 Å². The molecule has 0 atom stereocenters.